The minimum absolute atomic E-state index is 0.108. The highest BCUT2D eigenvalue weighted by molar-refractivity contribution is 8.18. The number of amidine groups is 1. The molecule has 0 spiro atoms. The normalized spacial score (nSPS) is 16.6. The summed E-state index contributed by atoms with van der Waals surface area (Å²) < 4.78 is 0. The summed E-state index contributed by atoms with van der Waals surface area (Å²) in [4.78, 5) is 24.9. The molecule has 29 heavy (non-hydrogen) atoms. The van der Waals surface area contributed by atoms with Crippen molar-refractivity contribution in [2.24, 2.45) is 10.2 Å². The van der Waals surface area contributed by atoms with Crippen molar-refractivity contribution in [1.82, 2.24) is 5.32 Å². The molecule has 2 aromatic rings. The standard InChI is InChI=1S/C19H16ClN5O3S/c1-24(2)14-5-3-12(4-6-14)11-21-23-19-22-18(26)17(29-19)10-13-9-15(25(27)28)7-8-16(13)20/h3-11H,1-2H3,(H,22,23,26)/b17-10+,21-11?. The van der Waals surface area contributed by atoms with E-state index >= 15 is 0 Å². The molecule has 0 radical (unpaired) electrons. The van der Waals surface area contributed by atoms with Gasteiger partial charge in [0, 0.05) is 42.5 Å². The zero-order valence-electron chi connectivity index (χ0n) is 15.5. The van der Waals surface area contributed by atoms with Gasteiger partial charge in [0.25, 0.3) is 11.6 Å². The van der Waals surface area contributed by atoms with E-state index in [4.69, 9.17) is 11.6 Å². The van der Waals surface area contributed by atoms with Crippen molar-refractivity contribution < 1.29 is 9.72 Å². The number of amides is 1. The molecule has 2 aromatic carbocycles. The van der Waals surface area contributed by atoms with Crippen LogP contribution in [0.15, 0.2) is 57.6 Å². The number of rotatable bonds is 5. The molecule has 0 aliphatic carbocycles. The number of anilines is 1. The van der Waals surface area contributed by atoms with E-state index in [1.54, 1.807) is 6.21 Å². The zero-order chi connectivity index (χ0) is 21.0. The molecule has 0 unspecified atom stereocenters. The molecule has 0 saturated carbocycles. The summed E-state index contributed by atoms with van der Waals surface area (Å²) in [6.45, 7) is 0. The maximum absolute atomic E-state index is 12.1. The Morgan fingerprint density at radius 1 is 1.21 bits per heavy atom. The lowest BCUT2D eigenvalue weighted by Crippen LogP contribution is -2.19. The second kappa shape index (κ2) is 8.89. The van der Waals surface area contributed by atoms with Crippen molar-refractivity contribution in [3.63, 3.8) is 0 Å². The molecule has 10 heteroatoms. The van der Waals surface area contributed by atoms with Crippen molar-refractivity contribution >= 4 is 58.1 Å². The largest absolute Gasteiger partial charge is 0.378 e. The van der Waals surface area contributed by atoms with Crippen LogP contribution in [-0.2, 0) is 4.79 Å². The summed E-state index contributed by atoms with van der Waals surface area (Å²) >= 11 is 7.16. The van der Waals surface area contributed by atoms with Gasteiger partial charge in [0.15, 0.2) is 5.17 Å². The van der Waals surface area contributed by atoms with Gasteiger partial charge >= 0.3 is 0 Å². The molecular formula is C19H16ClN5O3S. The summed E-state index contributed by atoms with van der Waals surface area (Å²) in [6, 6.07) is 11.8. The van der Waals surface area contributed by atoms with Crippen LogP contribution < -0.4 is 10.2 Å². The lowest BCUT2D eigenvalue weighted by Gasteiger charge is -2.11. The number of nitrogens with one attached hydrogen (secondary N) is 1. The minimum atomic E-state index is -0.521. The van der Waals surface area contributed by atoms with Gasteiger partial charge < -0.3 is 4.90 Å². The Labute approximate surface area is 176 Å². The highest BCUT2D eigenvalue weighted by Gasteiger charge is 2.24. The second-order valence-corrected chi connectivity index (χ2v) is 7.60. The van der Waals surface area contributed by atoms with E-state index in [2.05, 4.69) is 15.5 Å². The average Bonchev–Trinajstić information content (AvgIpc) is 3.03. The number of nitro benzene ring substituents is 1. The predicted molar refractivity (Wildman–Crippen MR) is 118 cm³/mol. The van der Waals surface area contributed by atoms with Crippen molar-refractivity contribution in [1.29, 1.82) is 0 Å². The Bertz CT molecular complexity index is 1050. The van der Waals surface area contributed by atoms with Gasteiger partial charge in [-0.25, -0.2) is 0 Å². The summed E-state index contributed by atoms with van der Waals surface area (Å²) in [5, 5.41) is 22.2. The first-order chi connectivity index (χ1) is 13.8. The van der Waals surface area contributed by atoms with Crippen LogP contribution in [0.5, 0.6) is 0 Å². The van der Waals surface area contributed by atoms with Crippen LogP contribution in [-0.4, -0.2) is 36.3 Å². The fraction of sp³-hybridized carbons (Fsp3) is 0.105. The number of thioether (sulfide) groups is 1. The van der Waals surface area contributed by atoms with Crippen LogP contribution in [0.3, 0.4) is 0 Å². The Kier molecular flexibility index (Phi) is 6.30. The molecule has 1 aliphatic rings. The number of non-ortho nitro benzene ring substituents is 1. The molecule has 1 fully saturated rings. The SMILES string of the molecule is CN(C)c1ccc(C=NN=C2NC(=O)/C(=C\c3cc([N+](=O)[O-])ccc3Cl)S2)cc1. The summed E-state index contributed by atoms with van der Waals surface area (Å²) in [6.07, 6.45) is 3.07. The molecule has 1 aliphatic heterocycles. The Hall–Kier alpha value is -3.17. The van der Waals surface area contributed by atoms with Crippen LogP contribution in [0.2, 0.25) is 5.02 Å². The van der Waals surface area contributed by atoms with Crippen molar-refractivity contribution in [3.8, 4) is 0 Å². The topological polar surface area (TPSA) is 100 Å². The number of nitrogens with zero attached hydrogens (tertiary/aromatic N) is 4. The van der Waals surface area contributed by atoms with Crippen LogP contribution in [0, 0.1) is 10.1 Å². The molecule has 8 nitrogen and oxygen atoms in total. The lowest BCUT2D eigenvalue weighted by atomic mass is 10.2. The highest BCUT2D eigenvalue weighted by Crippen LogP contribution is 2.30. The molecule has 0 aromatic heterocycles. The predicted octanol–water partition coefficient (Wildman–Crippen LogP) is 3.91. The van der Waals surface area contributed by atoms with Gasteiger partial charge in [-0.3, -0.25) is 20.2 Å². The molecule has 0 atom stereocenters. The molecule has 1 N–H and O–H groups in total. The highest BCUT2D eigenvalue weighted by atomic mass is 35.5. The molecule has 3 rings (SSSR count). The van der Waals surface area contributed by atoms with E-state index in [-0.39, 0.29) is 11.6 Å². The van der Waals surface area contributed by atoms with Crippen LogP contribution >= 0.6 is 23.4 Å². The smallest absolute Gasteiger partial charge is 0.270 e. The van der Waals surface area contributed by atoms with Gasteiger partial charge in [0.05, 0.1) is 16.0 Å². The fourth-order valence-electron chi connectivity index (χ4n) is 2.38. The van der Waals surface area contributed by atoms with Gasteiger partial charge in [-0.2, -0.15) is 5.10 Å². The molecule has 148 valence electrons. The third kappa shape index (κ3) is 5.21. The Morgan fingerprint density at radius 3 is 2.59 bits per heavy atom. The third-order valence-electron chi connectivity index (χ3n) is 3.89. The average molecular weight is 430 g/mol. The monoisotopic (exact) mass is 429 g/mol. The maximum Gasteiger partial charge on any atom is 0.270 e. The van der Waals surface area contributed by atoms with E-state index in [9.17, 15) is 14.9 Å². The first-order valence-corrected chi connectivity index (χ1v) is 9.56. The van der Waals surface area contributed by atoms with Crippen molar-refractivity contribution in [2.75, 3.05) is 19.0 Å². The van der Waals surface area contributed by atoms with E-state index in [0.717, 1.165) is 23.0 Å². The third-order valence-corrected chi connectivity index (χ3v) is 5.14. The number of hydrogen-bond acceptors (Lipinski definition) is 7. The van der Waals surface area contributed by atoms with Crippen LogP contribution in [0.25, 0.3) is 6.08 Å². The van der Waals surface area contributed by atoms with E-state index in [1.165, 1.54) is 24.3 Å². The maximum atomic E-state index is 12.1. The zero-order valence-corrected chi connectivity index (χ0v) is 17.1. The number of halogens is 1. The number of carbonyl (C=O) groups is 1. The number of benzene rings is 2. The van der Waals surface area contributed by atoms with Crippen LogP contribution in [0.1, 0.15) is 11.1 Å². The first kappa shape index (κ1) is 20.6. The Balaban J connectivity index is 1.73. The van der Waals surface area contributed by atoms with Gasteiger partial charge in [-0.15, -0.1) is 5.10 Å². The summed E-state index contributed by atoms with van der Waals surface area (Å²) in [5.41, 5.74) is 2.21. The van der Waals surface area contributed by atoms with E-state index < -0.39 is 4.92 Å². The molecule has 1 amide bonds. The number of hydrogen-bond donors (Lipinski definition) is 1. The number of nitro groups is 1. The molecule has 1 saturated heterocycles. The molecule has 1 heterocycles. The van der Waals surface area contributed by atoms with Gasteiger partial charge in [0.1, 0.15) is 0 Å². The fourth-order valence-corrected chi connectivity index (χ4v) is 3.32. The van der Waals surface area contributed by atoms with Gasteiger partial charge in [0.2, 0.25) is 0 Å². The summed E-state index contributed by atoms with van der Waals surface area (Å²) in [7, 11) is 3.92. The first-order valence-electron chi connectivity index (χ1n) is 8.37. The number of carbonyl (C=O) groups excluding carboxylic acids is 1. The lowest BCUT2D eigenvalue weighted by molar-refractivity contribution is -0.384. The Morgan fingerprint density at radius 2 is 1.93 bits per heavy atom. The van der Waals surface area contributed by atoms with Gasteiger partial charge in [-0.05, 0) is 41.6 Å². The molecular weight excluding hydrogens is 414 g/mol. The van der Waals surface area contributed by atoms with Crippen LogP contribution in [0.4, 0.5) is 11.4 Å². The quantitative estimate of drug-likeness (QED) is 0.336. The van der Waals surface area contributed by atoms with E-state index in [0.29, 0.717) is 20.7 Å². The van der Waals surface area contributed by atoms with Crippen molar-refractivity contribution in [2.45, 2.75) is 0 Å². The van der Waals surface area contributed by atoms with Crippen molar-refractivity contribution in [3.05, 3.63) is 73.6 Å². The van der Waals surface area contributed by atoms with Gasteiger partial charge in [-0.1, -0.05) is 23.7 Å². The molecule has 0 bridgehead atoms. The van der Waals surface area contributed by atoms with E-state index in [1.807, 2.05) is 43.3 Å². The second-order valence-electron chi connectivity index (χ2n) is 6.16. The minimum Gasteiger partial charge on any atom is -0.378 e. The summed E-state index contributed by atoms with van der Waals surface area (Å²) in [5.74, 6) is -0.373.